The molecule has 0 atom stereocenters. The van der Waals surface area contributed by atoms with Gasteiger partial charge in [0.1, 0.15) is 0 Å². The van der Waals surface area contributed by atoms with Gasteiger partial charge < -0.3 is 9.90 Å². The number of carbonyl (C=O) groups excluding carboxylic acids is 1. The molecule has 0 saturated carbocycles. The van der Waals surface area contributed by atoms with Gasteiger partial charge in [-0.15, -0.1) is 0 Å². The van der Waals surface area contributed by atoms with E-state index in [2.05, 4.69) is 4.98 Å². The molecular formula is C12H10LiNO2. The van der Waals surface area contributed by atoms with Crippen LogP contribution < -0.4 is 24.0 Å². The molecule has 0 aliphatic carbocycles. The van der Waals surface area contributed by atoms with Gasteiger partial charge >= 0.3 is 18.9 Å². The number of aromatic nitrogens is 1. The molecule has 0 unspecified atom stereocenters. The van der Waals surface area contributed by atoms with E-state index in [-0.39, 0.29) is 24.4 Å². The second-order valence-corrected chi connectivity index (χ2v) is 3.57. The van der Waals surface area contributed by atoms with Crippen LogP contribution in [0.3, 0.4) is 0 Å². The second-order valence-electron chi connectivity index (χ2n) is 3.57. The monoisotopic (exact) mass is 207 g/mol. The average molecular weight is 207 g/mol. The number of carboxylic acids is 1. The number of aryl methyl sites for hydroxylation is 2. The van der Waals surface area contributed by atoms with Crippen molar-refractivity contribution in [2.24, 2.45) is 0 Å². The van der Waals surface area contributed by atoms with E-state index >= 15 is 0 Å². The number of rotatable bonds is 1. The average Bonchev–Trinajstić information content (AvgIpc) is 2.17. The first-order chi connectivity index (χ1) is 7.09. The number of carboxylic acid groups (broad SMARTS) is 1. The third-order valence-corrected chi connectivity index (χ3v) is 2.43. The minimum atomic E-state index is -1.18. The Bertz CT molecular complexity index is 552. The Morgan fingerprint density at radius 2 is 1.88 bits per heavy atom. The van der Waals surface area contributed by atoms with E-state index in [9.17, 15) is 9.90 Å². The first-order valence-electron chi connectivity index (χ1n) is 4.68. The van der Waals surface area contributed by atoms with Gasteiger partial charge in [0, 0.05) is 16.6 Å². The molecule has 1 aromatic heterocycles. The fourth-order valence-electron chi connectivity index (χ4n) is 1.62. The molecule has 16 heavy (non-hydrogen) atoms. The predicted molar refractivity (Wildman–Crippen MR) is 55.5 cm³/mol. The molecule has 0 aliphatic heterocycles. The maximum atomic E-state index is 10.9. The van der Waals surface area contributed by atoms with Crippen LogP contribution in [0.2, 0.25) is 0 Å². The largest absolute Gasteiger partial charge is 1.00 e. The summed E-state index contributed by atoms with van der Waals surface area (Å²) in [5, 5.41) is 11.7. The Balaban J connectivity index is 0.00000128. The molecule has 0 spiro atoms. The van der Waals surface area contributed by atoms with E-state index in [1.807, 2.05) is 26.0 Å². The molecule has 1 heterocycles. The van der Waals surface area contributed by atoms with Gasteiger partial charge in [-0.2, -0.15) is 0 Å². The third kappa shape index (κ3) is 2.11. The standard InChI is InChI=1S/C12H11NO2.Li/c1-7-3-5-10(12(14)15)11-9(7)6-4-8(2)13-11;/h3-6H,1-2H3,(H,14,15);/q;+1/p-1. The van der Waals surface area contributed by atoms with E-state index in [1.54, 1.807) is 12.1 Å². The Morgan fingerprint density at radius 1 is 1.19 bits per heavy atom. The van der Waals surface area contributed by atoms with Gasteiger partial charge in [0.15, 0.2) is 0 Å². The van der Waals surface area contributed by atoms with Crippen LogP contribution in [0.5, 0.6) is 0 Å². The first kappa shape index (κ1) is 12.8. The molecule has 0 fully saturated rings. The zero-order valence-electron chi connectivity index (χ0n) is 9.57. The number of hydrogen-bond donors (Lipinski definition) is 0. The summed E-state index contributed by atoms with van der Waals surface area (Å²) >= 11 is 0. The van der Waals surface area contributed by atoms with E-state index in [0.29, 0.717) is 5.52 Å². The quantitative estimate of drug-likeness (QED) is 0.519. The first-order valence-corrected chi connectivity index (χ1v) is 4.68. The number of hydrogen-bond acceptors (Lipinski definition) is 3. The molecule has 0 amide bonds. The van der Waals surface area contributed by atoms with Crippen molar-refractivity contribution < 1.29 is 28.8 Å². The van der Waals surface area contributed by atoms with Gasteiger partial charge in [0.2, 0.25) is 0 Å². The van der Waals surface area contributed by atoms with Crippen molar-refractivity contribution in [2.75, 3.05) is 0 Å². The van der Waals surface area contributed by atoms with Gasteiger partial charge in [-0.25, -0.2) is 0 Å². The van der Waals surface area contributed by atoms with Crippen molar-refractivity contribution in [1.29, 1.82) is 0 Å². The van der Waals surface area contributed by atoms with Crippen LogP contribution in [0, 0.1) is 13.8 Å². The second kappa shape index (κ2) is 4.69. The zero-order valence-corrected chi connectivity index (χ0v) is 9.57. The van der Waals surface area contributed by atoms with Crippen LogP contribution in [0.4, 0.5) is 0 Å². The van der Waals surface area contributed by atoms with E-state index in [1.165, 1.54) is 0 Å². The van der Waals surface area contributed by atoms with E-state index < -0.39 is 5.97 Å². The van der Waals surface area contributed by atoms with Crippen molar-refractivity contribution in [2.45, 2.75) is 13.8 Å². The maximum Gasteiger partial charge on any atom is 1.00 e. The summed E-state index contributed by atoms with van der Waals surface area (Å²) in [6, 6.07) is 7.07. The molecule has 3 nitrogen and oxygen atoms in total. The van der Waals surface area contributed by atoms with Crippen LogP contribution in [0.1, 0.15) is 21.6 Å². The molecule has 2 rings (SSSR count). The summed E-state index contributed by atoms with van der Waals surface area (Å²) in [4.78, 5) is 15.1. The van der Waals surface area contributed by atoms with Crippen molar-refractivity contribution in [3.8, 4) is 0 Å². The Labute approximate surface area is 106 Å². The van der Waals surface area contributed by atoms with Crippen LogP contribution in [-0.4, -0.2) is 11.0 Å². The molecule has 1 aromatic carbocycles. The van der Waals surface area contributed by atoms with Crippen molar-refractivity contribution in [3.05, 3.63) is 41.1 Å². The summed E-state index contributed by atoms with van der Waals surface area (Å²) in [6.07, 6.45) is 0. The maximum absolute atomic E-state index is 10.9. The minimum absolute atomic E-state index is 0. The normalized spacial score (nSPS) is 9.88. The Kier molecular flexibility index (Phi) is 3.74. The van der Waals surface area contributed by atoms with Crippen LogP contribution in [0.25, 0.3) is 10.9 Å². The van der Waals surface area contributed by atoms with Gasteiger partial charge in [-0.1, -0.05) is 18.2 Å². The SMILES string of the molecule is Cc1ccc2c(C)ccc(C(=O)[O-])c2n1.[Li+]. The van der Waals surface area contributed by atoms with E-state index in [4.69, 9.17) is 0 Å². The van der Waals surface area contributed by atoms with Crippen LogP contribution in [-0.2, 0) is 0 Å². The summed E-state index contributed by atoms with van der Waals surface area (Å²) in [6.45, 7) is 3.76. The fourth-order valence-corrected chi connectivity index (χ4v) is 1.62. The molecule has 76 valence electrons. The smallest absolute Gasteiger partial charge is 0.545 e. The minimum Gasteiger partial charge on any atom is -0.545 e. The Morgan fingerprint density at radius 3 is 2.50 bits per heavy atom. The number of nitrogens with zero attached hydrogens (tertiary/aromatic N) is 1. The molecule has 2 aromatic rings. The summed E-state index contributed by atoms with van der Waals surface area (Å²) in [7, 11) is 0. The van der Waals surface area contributed by atoms with Gasteiger partial charge in [-0.05, 0) is 25.5 Å². The molecule has 0 radical (unpaired) electrons. The number of aromatic carboxylic acids is 1. The fraction of sp³-hybridized carbons (Fsp3) is 0.167. The third-order valence-electron chi connectivity index (χ3n) is 2.43. The molecular weight excluding hydrogens is 197 g/mol. The molecule has 0 saturated heterocycles. The van der Waals surface area contributed by atoms with Crippen molar-refractivity contribution >= 4 is 16.9 Å². The Hall–Kier alpha value is -1.30. The zero-order chi connectivity index (χ0) is 11.0. The van der Waals surface area contributed by atoms with E-state index in [0.717, 1.165) is 16.6 Å². The topological polar surface area (TPSA) is 53.0 Å². The van der Waals surface area contributed by atoms with Gasteiger partial charge in [-0.3, -0.25) is 4.98 Å². The van der Waals surface area contributed by atoms with Gasteiger partial charge in [0.05, 0.1) is 11.5 Å². The molecule has 0 bridgehead atoms. The van der Waals surface area contributed by atoms with Gasteiger partial charge in [0.25, 0.3) is 0 Å². The predicted octanol–water partition coefficient (Wildman–Crippen LogP) is -1.78. The summed E-state index contributed by atoms with van der Waals surface area (Å²) in [5.41, 5.74) is 2.48. The molecule has 0 aliphatic rings. The molecule has 4 heteroatoms. The number of benzene rings is 1. The summed E-state index contributed by atoms with van der Waals surface area (Å²) in [5.74, 6) is -1.18. The summed E-state index contributed by atoms with van der Waals surface area (Å²) < 4.78 is 0. The number of pyridine rings is 1. The number of carbonyl (C=O) groups is 1. The van der Waals surface area contributed by atoms with Crippen LogP contribution >= 0.6 is 0 Å². The molecule has 0 N–H and O–H groups in total. The van der Waals surface area contributed by atoms with Crippen molar-refractivity contribution in [3.63, 3.8) is 0 Å². The van der Waals surface area contributed by atoms with Crippen molar-refractivity contribution in [1.82, 2.24) is 4.98 Å². The van der Waals surface area contributed by atoms with Crippen LogP contribution in [0.15, 0.2) is 24.3 Å². The number of fused-ring (bicyclic) bond motifs is 1.